The van der Waals surface area contributed by atoms with Crippen LogP contribution in [0.5, 0.6) is 0 Å². The van der Waals surface area contributed by atoms with Gasteiger partial charge in [-0.2, -0.15) is 10.1 Å². The van der Waals surface area contributed by atoms with E-state index in [-0.39, 0.29) is 11.8 Å². The molecule has 6 heteroatoms. The second-order valence-corrected chi connectivity index (χ2v) is 7.44. The van der Waals surface area contributed by atoms with E-state index in [2.05, 4.69) is 52.8 Å². The van der Waals surface area contributed by atoms with Gasteiger partial charge >= 0.3 is 0 Å². The van der Waals surface area contributed by atoms with Gasteiger partial charge in [0.25, 0.3) is 0 Å². The number of nitrogens with zero attached hydrogens (tertiary/aromatic N) is 3. The molecule has 5 nitrogen and oxygen atoms in total. The molecule has 0 bridgehead atoms. The van der Waals surface area contributed by atoms with Gasteiger partial charge in [0.05, 0.1) is 0 Å². The van der Waals surface area contributed by atoms with Crippen molar-refractivity contribution < 1.29 is 4.79 Å². The topological polar surface area (TPSA) is 59.8 Å². The van der Waals surface area contributed by atoms with Crippen LogP contribution in [-0.4, -0.2) is 26.8 Å². The largest absolute Gasteiger partial charge is 0.328 e. The third kappa shape index (κ3) is 2.45. The Morgan fingerprint density at radius 2 is 2.00 bits per heavy atom. The summed E-state index contributed by atoms with van der Waals surface area (Å²) in [5, 5.41) is 7.89. The van der Waals surface area contributed by atoms with Crippen molar-refractivity contribution in [3.05, 3.63) is 46.9 Å². The standard InChI is InChI=1S/C18H20N4OS/c1-10-8-14-16(15(23)9-10)17(12-4-6-13(24-3)7-5-12)22-18(20-14)19-11(2)21-22/h4-7,10,17H,8-9H2,1-3H3,(H,19,20,21). The molecule has 4 rings (SSSR count). The SMILES string of the molecule is CSc1ccc(C2C3=C(CC(C)CC3=O)Nc3nc(C)nn32)cc1. The van der Waals surface area contributed by atoms with Gasteiger partial charge < -0.3 is 5.32 Å². The fourth-order valence-electron chi connectivity index (χ4n) is 3.61. The maximum Gasteiger partial charge on any atom is 0.226 e. The van der Waals surface area contributed by atoms with Crippen LogP contribution in [0.1, 0.15) is 37.2 Å². The zero-order valence-corrected chi connectivity index (χ0v) is 14.9. The van der Waals surface area contributed by atoms with Crippen molar-refractivity contribution in [1.82, 2.24) is 14.8 Å². The molecule has 1 aliphatic heterocycles. The van der Waals surface area contributed by atoms with Crippen LogP contribution < -0.4 is 5.32 Å². The number of carbonyl (C=O) groups is 1. The highest BCUT2D eigenvalue weighted by molar-refractivity contribution is 7.98. The highest BCUT2D eigenvalue weighted by Gasteiger charge is 2.38. The van der Waals surface area contributed by atoms with E-state index in [1.54, 1.807) is 11.8 Å². The smallest absolute Gasteiger partial charge is 0.226 e. The van der Waals surface area contributed by atoms with Gasteiger partial charge in [-0.15, -0.1) is 11.8 Å². The fourth-order valence-corrected chi connectivity index (χ4v) is 4.02. The van der Waals surface area contributed by atoms with Gasteiger partial charge in [0, 0.05) is 22.6 Å². The van der Waals surface area contributed by atoms with E-state index in [4.69, 9.17) is 0 Å². The van der Waals surface area contributed by atoms with Crippen LogP contribution in [0.15, 0.2) is 40.4 Å². The Hall–Kier alpha value is -2.08. The average molecular weight is 340 g/mol. The number of aryl methyl sites for hydroxylation is 1. The molecule has 1 N–H and O–H groups in total. The molecule has 0 saturated heterocycles. The molecule has 1 aliphatic carbocycles. The predicted molar refractivity (Wildman–Crippen MR) is 95.2 cm³/mol. The predicted octanol–water partition coefficient (Wildman–Crippen LogP) is 3.58. The van der Waals surface area contributed by atoms with Crippen molar-refractivity contribution in [2.24, 2.45) is 5.92 Å². The van der Waals surface area contributed by atoms with Crippen molar-refractivity contribution in [3.63, 3.8) is 0 Å². The Labute approximate surface area is 145 Å². The highest BCUT2D eigenvalue weighted by atomic mass is 32.2. The number of hydrogen-bond donors (Lipinski definition) is 1. The minimum atomic E-state index is -0.187. The highest BCUT2D eigenvalue weighted by Crippen LogP contribution is 2.41. The van der Waals surface area contributed by atoms with Crippen LogP contribution in [0, 0.1) is 12.8 Å². The average Bonchev–Trinajstić information content (AvgIpc) is 2.92. The molecule has 1 aromatic heterocycles. The molecule has 2 aromatic rings. The summed E-state index contributed by atoms with van der Waals surface area (Å²) in [5.41, 5.74) is 2.94. The lowest BCUT2D eigenvalue weighted by Crippen LogP contribution is -2.33. The van der Waals surface area contributed by atoms with E-state index in [0.717, 1.165) is 29.2 Å². The molecule has 0 fully saturated rings. The first-order valence-corrected chi connectivity index (χ1v) is 9.39. The third-order valence-corrected chi connectivity index (χ3v) is 5.40. The Balaban J connectivity index is 1.87. The molecule has 124 valence electrons. The normalized spacial score (nSPS) is 22.9. The van der Waals surface area contributed by atoms with Crippen molar-refractivity contribution in [2.75, 3.05) is 11.6 Å². The monoisotopic (exact) mass is 340 g/mol. The Morgan fingerprint density at radius 3 is 2.71 bits per heavy atom. The van der Waals surface area contributed by atoms with E-state index in [1.807, 2.05) is 11.6 Å². The van der Waals surface area contributed by atoms with E-state index < -0.39 is 0 Å². The number of anilines is 1. The van der Waals surface area contributed by atoms with E-state index in [9.17, 15) is 4.79 Å². The fraction of sp³-hybridized carbons (Fsp3) is 0.389. The summed E-state index contributed by atoms with van der Waals surface area (Å²) in [6.07, 6.45) is 3.54. The quantitative estimate of drug-likeness (QED) is 0.847. The van der Waals surface area contributed by atoms with Crippen LogP contribution in [0.3, 0.4) is 0 Å². The zero-order valence-electron chi connectivity index (χ0n) is 14.0. The van der Waals surface area contributed by atoms with Crippen LogP contribution >= 0.6 is 11.8 Å². The molecular weight excluding hydrogens is 320 g/mol. The Kier molecular flexibility index (Phi) is 3.72. The lowest BCUT2D eigenvalue weighted by atomic mass is 9.81. The number of rotatable bonds is 2. The first kappa shape index (κ1) is 15.4. The number of nitrogens with one attached hydrogen (secondary N) is 1. The van der Waals surface area contributed by atoms with Gasteiger partial charge in [0.2, 0.25) is 5.95 Å². The summed E-state index contributed by atoms with van der Waals surface area (Å²) in [5.74, 6) is 2.02. The number of allylic oxidation sites excluding steroid dienone is 2. The van der Waals surface area contributed by atoms with Crippen molar-refractivity contribution in [3.8, 4) is 0 Å². The number of Topliss-reactive ketones (excluding diaryl/α,β-unsaturated/α-hetero) is 1. The van der Waals surface area contributed by atoms with Gasteiger partial charge in [-0.05, 0) is 43.2 Å². The van der Waals surface area contributed by atoms with Crippen LogP contribution in [0.4, 0.5) is 5.95 Å². The van der Waals surface area contributed by atoms with Crippen molar-refractivity contribution >= 4 is 23.5 Å². The molecule has 0 spiro atoms. The molecule has 2 unspecified atom stereocenters. The van der Waals surface area contributed by atoms with Gasteiger partial charge in [-0.25, -0.2) is 4.68 Å². The molecular formula is C18H20N4OS. The van der Waals surface area contributed by atoms with Gasteiger partial charge in [0.15, 0.2) is 5.78 Å². The number of aromatic nitrogens is 3. The molecule has 0 amide bonds. The van der Waals surface area contributed by atoms with E-state index in [1.165, 1.54) is 4.90 Å². The molecule has 2 atom stereocenters. The number of hydrogen-bond acceptors (Lipinski definition) is 5. The second-order valence-electron chi connectivity index (χ2n) is 6.56. The maximum absolute atomic E-state index is 12.8. The summed E-state index contributed by atoms with van der Waals surface area (Å²) in [4.78, 5) is 18.5. The van der Waals surface area contributed by atoms with Crippen LogP contribution in [0.2, 0.25) is 0 Å². The summed E-state index contributed by atoms with van der Waals surface area (Å²) in [7, 11) is 0. The molecule has 24 heavy (non-hydrogen) atoms. The molecule has 2 aliphatic rings. The summed E-state index contributed by atoms with van der Waals surface area (Å²) in [6, 6.07) is 8.20. The first-order chi connectivity index (χ1) is 11.6. The minimum absolute atomic E-state index is 0.187. The third-order valence-electron chi connectivity index (χ3n) is 4.66. The van der Waals surface area contributed by atoms with Crippen molar-refractivity contribution in [1.29, 1.82) is 0 Å². The van der Waals surface area contributed by atoms with Gasteiger partial charge in [0.1, 0.15) is 11.9 Å². The van der Waals surface area contributed by atoms with E-state index >= 15 is 0 Å². The zero-order chi connectivity index (χ0) is 16.8. The number of ketones is 1. The van der Waals surface area contributed by atoms with Crippen molar-refractivity contribution in [2.45, 2.75) is 37.6 Å². The number of thioether (sulfide) groups is 1. The van der Waals surface area contributed by atoms with E-state index in [0.29, 0.717) is 18.2 Å². The van der Waals surface area contributed by atoms with Gasteiger partial charge in [-0.3, -0.25) is 4.79 Å². The second kappa shape index (κ2) is 5.77. The summed E-state index contributed by atoms with van der Waals surface area (Å²) >= 11 is 1.71. The molecule has 0 radical (unpaired) electrons. The molecule has 2 heterocycles. The van der Waals surface area contributed by atoms with Crippen LogP contribution in [0.25, 0.3) is 0 Å². The molecule has 0 saturated carbocycles. The number of fused-ring (bicyclic) bond motifs is 1. The number of benzene rings is 1. The minimum Gasteiger partial charge on any atom is -0.328 e. The molecule has 1 aromatic carbocycles. The lowest BCUT2D eigenvalue weighted by Gasteiger charge is -2.34. The first-order valence-electron chi connectivity index (χ1n) is 8.17. The summed E-state index contributed by atoms with van der Waals surface area (Å²) in [6.45, 7) is 4.00. The maximum atomic E-state index is 12.8. The Bertz CT molecular complexity index is 837. The number of carbonyl (C=O) groups excluding carboxylic acids is 1. The van der Waals surface area contributed by atoms with Crippen LogP contribution in [-0.2, 0) is 4.79 Å². The lowest BCUT2D eigenvalue weighted by molar-refractivity contribution is -0.117. The van der Waals surface area contributed by atoms with Gasteiger partial charge in [-0.1, -0.05) is 19.1 Å². The Morgan fingerprint density at radius 1 is 1.25 bits per heavy atom. The summed E-state index contributed by atoms with van der Waals surface area (Å²) < 4.78 is 1.86.